The molecule has 0 bridgehead atoms. The van der Waals surface area contributed by atoms with E-state index in [0.717, 1.165) is 34.5 Å². The summed E-state index contributed by atoms with van der Waals surface area (Å²) >= 11 is 12.5. The number of carboxylic acids is 1. The first-order chi connectivity index (χ1) is 10.4. The van der Waals surface area contributed by atoms with Gasteiger partial charge in [-0.2, -0.15) is 0 Å². The smallest absolute Gasteiger partial charge is 0.307 e. The molecular formula is C17H17Cl2NO2. The Bertz CT molecular complexity index is 714. The minimum atomic E-state index is -0.870. The first-order valence-electron chi connectivity index (χ1n) is 6.97. The van der Waals surface area contributed by atoms with Gasteiger partial charge in [-0.15, -0.1) is 0 Å². The first kappa shape index (κ1) is 16.7. The van der Waals surface area contributed by atoms with Gasteiger partial charge >= 0.3 is 5.97 Å². The fourth-order valence-electron chi connectivity index (χ4n) is 2.32. The van der Waals surface area contributed by atoms with Gasteiger partial charge in [-0.3, -0.25) is 4.79 Å². The molecular weight excluding hydrogens is 321 g/mol. The standard InChI is InChI=1S/C17H17Cl2NO2/c1-3-12-13(18)5-7-15(17(12)19)20-14-6-4-10(2)8-11(14)9-16(21)22/h4-8,20H,3,9H2,1-2H3,(H,21,22). The summed E-state index contributed by atoms with van der Waals surface area (Å²) in [5, 5.41) is 13.5. The Morgan fingerprint density at radius 2 is 1.86 bits per heavy atom. The monoisotopic (exact) mass is 337 g/mol. The van der Waals surface area contributed by atoms with E-state index in [1.807, 2.05) is 32.0 Å². The molecule has 0 aromatic heterocycles. The largest absolute Gasteiger partial charge is 0.481 e. The van der Waals surface area contributed by atoms with Gasteiger partial charge in [0.05, 0.1) is 17.1 Å². The van der Waals surface area contributed by atoms with E-state index in [9.17, 15) is 4.79 Å². The highest BCUT2D eigenvalue weighted by Crippen LogP contribution is 2.34. The second-order valence-electron chi connectivity index (χ2n) is 5.10. The van der Waals surface area contributed by atoms with Crippen LogP contribution in [-0.4, -0.2) is 11.1 Å². The third-order valence-electron chi connectivity index (χ3n) is 3.41. The highest BCUT2D eigenvalue weighted by molar-refractivity contribution is 6.37. The highest BCUT2D eigenvalue weighted by Gasteiger charge is 2.12. The summed E-state index contributed by atoms with van der Waals surface area (Å²) in [5.41, 5.74) is 4.06. The first-order valence-corrected chi connectivity index (χ1v) is 7.73. The number of hydrogen-bond donors (Lipinski definition) is 2. The van der Waals surface area contributed by atoms with Gasteiger partial charge < -0.3 is 10.4 Å². The molecule has 0 atom stereocenters. The molecule has 0 aliphatic carbocycles. The Morgan fingerprint density at radius 3 is 2.50 bits per heavy atom. The van der Waals surface area contributed by atoms with Crippen molar-refractivity contribution in [2.45, 2.75) is 26.7 Å². The van der Waals surface area contributed by atoms with Crippen LogP contribution in [0.1, 0.15) is 23.6 Å². The second-order valence-corrected chi connectivity index (χ2v) is 5.88. The maximum absolute atomic E-state index is 11.0. The molecule has 0 radical (unpaired) electrons. The number of carboxylic acid groups (broad SMARTS) is 1. The molecule has 0 spiro atoms. The Morgan fingerprint density at radius 1 is 1.18 bits per heavy atom. The number of anilines is 2. The van der Waals surface area contributed by atoms with Crippen molar-refractivity contribution in [3.05, 3.63) is 57.1 Å². The summed E-state index contributed by atoms with van der Waals surface area (Å²) in [6.45, 7) is 3.91. The number of rotatable bonds is 5. The molecule has 2 rings (SSSR count). The van der Waals surface area contributed by atoms with E-state index in [-0.39, 0.29) is 6.42 Å². The van der Waals surface area contributed by atoms with Crippen LogP contribution >= 0.6 is 23.2 Å². The fourth-order valence-corrected chi connectivity index (χ4v) is 3.00. The van der Waals surface area contributed by atoms with Gasteiger partial charge in [0.25, 0.3) is 0 Å². The van der Waals surface area contributed by atoms with Crippen LogP contribution < -0.4 is 5.32 Å². The van der Waals surface area contributed by atoms with Crippen molar-refractivity contribution >= 4 is 40.5 Å². The molecule has 0 saturated heterocycles. The van der Waals surface area contributed by atoms with Gasteiger partial charge in [-0.25, -0.2) is 0 Å². The van der Waals surface area contributed by atoms with E-state index in [1.165, 1.54) is 0 Å². The summed E-state index contributed by atoms with van der Waals surface area (Å²) in [4.78, 5) is 11.0. The molecule has 0 saturated carbocycles. The molecule has 22 heavy (non-hydrogen) atoms. The van der Waals surface area contributed by atoms with Crippen molar-refractivity contribution in [2.75, 3.05) is 5.32 Å². The van der Waals surface area contributed by atoms with Crippen molar-refractivity contribution in [2.24, 2.45) is 0 Å². The van der Waals surface area contributed by atoms with E-state index in [1.54, 1.807) is 12.1 Å². The van der Waals surface area contributed by atoms with Gasteiger partial charge in [0.1, 0.15) is 0 Å². The molecule has 2 N–H and O–H groups in total. The van der Waals surface area contributed by atoms with E-state index < -0.39 is 5.97 Å². The van der Waals surface area contributed by atoms with Gasteiger partial charge in [0.2, 0.25) is 0 Å². The summed E-state index contributed by atoms with van der Waals surface area (Å²) < 4.78 is 0. The number of halogens is 2. The summed E-state index contributed by atoms with van der Waals surface area (Å²) in [6, 6.07) is 9.25. The van der Waals surface area contributed by atoms with Crippen LogP contribution in [0, 0.1) is 6.92 Å². The molecule has 0 fully saturated rings. The van der Waals surface area contributed by atoms with E-state index >= 15 is 0 Å². The van der Waals surface area contributed by atoms with Crippen LogP contribution in [0.3, 0.4) is 0 Å². The zero-order chi connectivity index (χ0) is 16.3. The zero-order valence-electron chi connectivity index (χ0n) is 12.4. The van der Waals surface area contributed by atoms with Gasteiger partial charge in [0, 0.05) is 10.7 Å². The lowest BCUT2D eigenvalue weighted by Crippen LogP contribution is -2.05. The molecule has 2 aromatic carbocycles. The van der Waals surface area contributed by atoms with Crippen molar-refractivity contribution in [3.63, 3.8) is 0 Å². The number of carbonyl (C=O) groups is 1. The molecule has 3 nitrogen and oxygen atoms in total. The zero-order valence-corrected chi connectivity index (χ0v) is 13.9. The van der Waals surface area contributed by atoms with Crippen molar-refractivity contribution in [3.8, 4) is 0 Å². The lowest BCUT2D eigenvalue weighted by atomic mass is 10.1. The van der Waals surface area contributed by atoms with Crippen molar-refractivity contribution in [1.82, 2.24) is 0 Å². The Kier molecular flexibility index (Phi) is 5.33. The molecule has 0 heterocycles. The Labute approximate surface area is 139 Å². The van der Waals surface area contributed by atoms with Crippen LogP contribution in [0.5, 0.6) is 0 Å². The average Bonchev–Trinajstić information content (AvgIpc) is 2.44. The third kappa shape index (κ3) is 3.73. The maximum Gasteiger partial charge on any atom is 0.307 e. The highest BCUT2D eigenvalue weighted by atomic mass is 35.5. The number of hydrogen-bond acceptors (Lipinski definition) is 2. The van der Waals surface area contributed by atoms with Gasteiger partial charge in [-0.05, 0) is 42.7 Å². The van der Waals surface area contributed by atoms with Crippen molar-refractivity contribution in [1.29, 1.82) is 0 Å². The second kappa shape index (κ2) is 7.03. The number of nitrogens with one attached hydrogen (secondary N) is 1. The van der Waals surface area contributed by atoms with Crippen LogP contribution in [0.15, 0.2) is 30.3 Å². The Hall–Kier alpha value is -1.71. The minimum Gasteiger partial charge on any atom is -0.481 e. The lowest BCUT2D eigenvalue weighted by molar-refractivity contribution is -0.136. The predicted molar refractivity (Wildman–Crippen MR) is 91.6 cm³/mol. The predicted octanol–water partition coefficient (Wildman–Crippen LogP) is 5.23. The van der Waals surface area contributed by atoms with Crippen LogP contribution in [0.4, 0.5) is 11.4 Å². The molecule has 0 aliphatic rings. The van der Waals surface area contributed by atoms with Crippen LogP contribution in [-0.2, 0) is 17.6 Å². The van der Waals surface area contributed by atoms with Gasteiger partial charge in [0.15, 0.2) is 0 Å². The average molecular weight is 338 g/mol. The Balaban J connectivity index is 2.41. The minimum absolute atomic E-state index is 0.0458. The molecule has 116 valence electrons. The van der Waals surface area contributed by atoms with E-state index in [2.05, 4.69) is 5.32 Å². The quantitative estimate of drug-likeness (QED) is 0.784. The molecule has 0 unspecified atom stereocenters. The molecule has 0 amide bonds. The van der Waals surface area contributed by atoms with Crippen LogP contribution in [0.2, 0.25) is 10.0 Å². The lowest BCUT2D eigenvalue weighted by Gasteiger charge is -2.15. The fraction of sp³-hybridized carbons (Fsp3) is 0.235. The number of aryl methyl sites for hydroxylation is 1. The maximum atomic E-state index is 11.0. The van der Waals surface area contributed by atoms with E-state index in [0.29, 0.717) is 10.0 Å². The van der Waals surface area contributed by atoms with E-state index in [4.69, 9.17) is 28.3 Å². The number of aliphatic carboxylic acids is 1. The third-order valence-corrected chi connectivity index (χ3v) is 4.20. The van der Waals surface area contributed by atoms with Crippen LogP contribution in [0.25, 0.3) is 0 Å². The summed E-state index contributed by atoms with van der Waals surface area (Å²) in [5.74, 6) is -0.870. The molecule has 2 aromatic rings. The summed E-state index contributed by atoms with van der Waals surface area (Å²) in [6.07, 6.45) is 0.679. The van der Waals surface area contributed by atoms with Crippen molar-refractivity contribution < 1.29 is 9.90 Å². The molecule has 0 aliphatic heterocycles. The topological polar surface area (TPSA) is 49.3 Å². The molecule has 5 heteroatoms. The normalized spacial score (nSPS) is 10.5. The summed E-state index contributed by atoms with van der Waals surface area (Å²) in [7, 11) is 0. The number of benzene rings is 2. The van der Waals surface area contributed by atoms with Gasteiger partial charge in [-0.1, -0.05) is 47.8 Å². The SMILES string of the molecule is CCc1c(Cl)ccc(Nc2ccc(C)cc2CC(=O)O)c1Cl.